The van der Waals surface area contributed by atoms with Gasteiger partial charge in [-0.15, -0.1) is 0 Å². The monoisotopic (exact) mass is 320 g/mol. The SMILES string of the molecule is COc1ccc(Cl)cc1[C@@H](C(=O)O)N(C)Cc1ccccn1. The summed E-state index contributed by atoms with van der Waals surface area (Å²) in [6.45, 7) is 0.396. The van der Waals surface area contributed by atoms with E-state index >= 15 is 0 Å². The van der Waals surface area contributed by atoms with Gasteiger partial charge in [-0.1, -0.05) is 17.7 Å². The second-order valence-electron chi connectivity index (χ2n) is 4.86. The summed E-state index contributed by atoms with van der Waals surface area (Å²) < 4.78 is 5.27. The van der Waals surface area contributed by atoms with E-state index < -0.39 is 12.0 Å². The first-order valence-corrected chi connectivity index (χ1v) is 7.07. The summed E-state index contributed by atoms with van der Waals surface area (Å²) in [5.41, 5.74) is 1.30. The van der Waals surface area contributed by atoms with Crippen LogP contribution >= 0.6 is 11.6 Å². The molecule has 0 amide bonds. The van der Waals surface area contributed by atoms with Gasteiger partial charge in [0.05, 0.1) is 12.8 Å². The van der Waals surface area contributed by atoms with Crippen LogP contribution in [0.2, 0.25) is 5.02 Å². The van der Waals surface area contributed by atoms with Gasteiger partial charge in [-0.2, -0.15) is 0 Å². The van der Waals surface area contributed by atoms with Crippen LogP contribution in [0.15, 0.2) is 42.6 Å². The molecule has 0 spiro atoms. The molecule has 2 aromatic rings. The van der Waals surface area contributed by atoms with Crippen LogP contribution in [0, 0.1) is 0 Å². The van der Waals surface area contributed by atoms with E-state index in [9.17, 15) is 9.90 Å². The minimum absolute atomic E-state index is 0.396. The molecule has 0 saturated heterocycles. The van der Waals surface area contributed by atoms with Gasteiger partial charge in [0.25, 0.3) is 0 Å². The molecule has 0 aliphatic heterocycles. The third-order valence-corrected chi connectivity index (χ3v) is 3.53. The van der Waals surface area contributed by atoms with Gasteiger partial charge >= 0.3 is 5.97 Å². The molecule has 0 unspecified atom stereocenters. The van der Waals surface area contributed by atoms with Crippen molar-refractivity contribution in [2.45, 2.75) is 12.6 Å². The smallest absolute Gasteiger partial charge is 0.325 e. The number of carbonyl (C=O) groups is 1. The lowest BCUT2D eigenvalue weighted by molar-refractivity contribution is -0.143. The number of aromatic nitrogens is 1. The Morgan fingerprint density at radius 1 is 1.41 bits per heavy atom. The molecule has 1 aromatic heterocycles. The van der Waals surface area contributed by atoms with Gasteiger partial charge in [-0.25, -0.2) is 0 Å². The van der Waals surface area contributed by atoms with Crippen molar-refractivity contribution < 1.29 is 14.6 Å². The number of halogens is 1. The fourth-order valence-corrected chi connectivity index (χ4v) is 2.50. The van der Waals surface area contributed by atoms with E-state index in [-0.39, 0.29) is 0 Å². The topological polar surface area (TPSA) is 62.7 Å². The lowest BCUT2D eigenvalue weighted by Crippen LogP contribution is -2.31. The Kier molecular flexibility index (Phi) is 5.35. The highest BCUT2D eigenvalue weighted by atomic mass is 35.5. The Bertz CT molecular complexity index is 649. The maximum Gasteiger partial charge on any atom is 0.325 e. The summed E-state index contributed by atoms with van der Waals surface area (Å²) in [6.07, 6.45) is 1.68. The molecule has 1 heterocycles. The van der Waals surface area contributed by atoms with E-state index in [0.717, 1.165) is 5.69 Å². The third kappa shape index (κ3) is 3.75. The van der Waals surface area contributed by atoms with Crippen molar-refractivity contribution in [3.05, 3.63) is 58.9 Å². The minimum atomic E-state index is -0.973. The maximum absolute atomic E-state index is 11.8. The number of rotatable bonds is 6. The molecule has 22 heavy (non-hydrogen) atoms. The number of ether oxygens (including phenoxy) is 1. The summed E-state index contributed by atoms with van der Waals surface area (Å²) in [7, 11) is 3.23. The van der Waals surface area contributed by atoms with E-state index in [4.69, 9.17) is 16.3 Å². The molecule has 0 fully saturated rings. The fourth-order valence-electron chi connectivity index (χ4n) is 2.32. The number of nitrogens with zero attached hydrogens (tertiary/aromatic N) is 2. The van der Waals surface area contributed by atoms with Crippen molar-refractivity contribution in [3.63, 3.8) is 0 Å². The Labute approximate surface area is 134 Å². The Balaban J connectivity index is 2.34. The van der Waals surface area contributed by atoms with Crippen LogP contribution in [0.3, 0.4) is 0 Å². The second-order valence-corrected chi connectivity index (χ2v) is 5.30. The Morgan fingerprint density at radius 2 is 2.18 bits per heavy atom. The molecule has 0 saturated carbocycles. The molecule has 2 rings (SSSR count). The van der Waals surface area contributed by atoms with Gasteiger partial charge in [0, 0.05) is 23.3 Å². The molecule has 1 N–H and O–H groups in total. The van der Waals surface area contributed by atoms with E-state index in [2.05, 4.69) is 4.98 Å². The van der Waals surface area contributed by atoms with Crippen LogP contribution < -0.4 is 4.74 Å². The number of benzene rings is 1. The van der Waals surface area contributed by atoms with Gasteiger partial charge in [-0.3, -0.25) is 14.7 Å². The zero-order chi connectivity index (χ0) is 16.1. The van der Waals surface area contributed by atoms with Crippen molar-refractivity contribution in [1.82, 2.24) is 9.88 Å². The Morgan fingerprint density at radius 3 is 2.77 bits per heavy atom. The molecule has 6 heteroatoms. The molecule has 1 aromatic carbocycles. The van der Waals surface area contributed by atoms with Gasteiger partial charge in [0.2, 0.25) is 0 Å². The highest BCUT2D eigenvalue weighted by molar-refractivity contribution is 6.30. The molecular formula is C16H17ClN2O3. The van der Waals surface area contributed by atoms with Gasteiger partial charge in [0.15, 0.2) is 0 Å². The van der Waals surface area contributed by atoms with Crippen molar-refractivity contribution in [2.24, 2.45) is 0 Å². The number of carboxylic acid groups (broad SMARTS) is 1. The van der Waals surface area contributed by atoms with Crippen LogP contribution in [-0.2, 0) is 11.3 Å². The lowest BCUT2D eigenvalue weighted by Gasteiger charge is -2.26. The van der Waals surface area contributed by atoms with Crippen molar-refractivity contribution in [2.75, 3.05) is 14.2 Å². The number of aliphatic carboxylic acids is 1. The average Bonchev–Trinajstić information content (AvgIpc) is 2.48. The zero-order valence-corrected chi connectivity index (χ0v) is 13.1. The molecule has 116 valence electrons. The summed E-state index contributed by atoms with van der Waals surface area (Å²) in [6, 6.07) is 9.61. The van der Waals surface area contributed by atoms with Crippen LogP contribution in [0.5, 0.6) is 5.75 Å². The first-order chi connectivity index (χ1) is 10.5. The van der Waals surface area contributed by atoms with Crippen molar-refractivity contribution in [3.8, 4) is 5.75 Å². The van der Waals surface area contributed by atoms with Gasteiger partial charge in [-0.05, 0) is 37.4 Å². The number of pyridine rings is 1. The largest absolute Gasteiger partial charge is 0.496 e. The number of hydrogen-bond acceptors (Lipinski definition) is 4. The number of hydrogen-bond donors (Lipinski definition) is 1. The summed E-state index contributed by atoms with van der Waals surface area (Å²) >= 11 is 6.01. The molecule has 0 aliphatic carbocycles. The van der Waals surface area contributed by atoms with Crippen LogP contribution in [0.1, 0.15) is 17.3 Å². The first kappa shape index (κ1) is 16.3. The van der Waals surface area contributed by atoms with E-state index in [1.54, 1.807) is 36.3 Å². The fraction of sp³-hybridized carbons (Fsp3) is 0.250. The van der Waals surface area contributed by atoms with Crippen LogP contribution in [-0.4, -0.2) is 35.1 Å². The normalized spacial score (nSPS) is 12.2. The third-order valence-electron chi connectivity index (χ3n) is 3.30. The van der Waals surface area contributed by atoms with E-state index in [0.29, 0.717) is 22.9 Å². The minimum Gasteiger partial charge on any atom is -0.496 e. The molecule has 0 bridgehead atoms. The van der Waals surface area contributed by atoms with E-state index in [1.807, 2.05) is 18.2 Å². The van der Waals surface area contributed by atoms with Crippen molar-refractivity contribution in [1.29, 1.82) is 0 Å². The van der Waals surface area contributed by atoms with Crippen LogP contribution in [0.4, 0.5) is 0 Å². The standard InChI is InChI=1S/C16H17ClN2O3/c1-19(10-12-5-3-4-8-18-12)15(16(20)21)13-9-11(17)6-7-14(13)22-2/h3-9,15H,10H2,1-2H3,(H,20,21)/t15-/m0/s1. The Hall–Kier alpha value is -2.11. The number of likely N-dealkylation sites (N-methyl/N-ethyl adjacent to an activating group) is 1. The quantitative estimate of drug-likeness (QED) is 0.886. The summed E-state index contributed by atoms with van der Waals surface area (Å²) in [5, 5.41) is 10.1. The van der Waals surface area contributed by atoms with Gasteiger partial charge in [0.1, 0.15) is 11.8 Å². The number of carboxylic acids is 1. The number of methoxy groups -OCH3 is 1. The lowest BCUT2D eigenvalue weighted by atomic mass is 10.0. The average molecular weight is 321 g/mol. The predicted molar refractivity (Wildman–Crippen MR) is 84.1 cm³/mol. The zero-order valence-electron chi connectivity index (χ0n) is 12.4. The molecule has 0 aliphatic rings. The van der Waals surface area contributed by atoms with Crippen LogP contribution in [0.25, 0.3) is 0 Å². The first-order valence-electron chi connectivity index (χ1n) is 6.69. The van der Waals surface area contributed by atoms with Crippen molar-refractivity contribution >= 4 is 17.6 Å². The summed E-state index contributed by atoms with van der Waals surface area (Å²) in [4.78, 5) is 17.7. The molecule has 0 radical (unpaired) electrons. The molecule has 5 nitrogen and oxygen atoms in total. The highest BCUT2D eigenvalue weighted by Crippen LogP contribution is 2.32. The maximum atomic E-state index is 11.8. The molecular weight excluding hydrogens is 304 g/mol. The van der Waals surface area contributed by atoms with Gasteiger partial charge < -0.3 is 9.84 Å². The predicted octanol–water partition coefficient (Wildman–Crippen LogP) is 3.00. The highest BCUT2D eigenvalue weighted by Gasteiger charge is 2.28. The second kappa shape index (κ2) is 7.24. The molecule has 1 atom stereocenters. The summed E-state index contributed by atoms with van der Waals surface area (Å²) in [5.74, 6) is -0.483. The van der Waals surface area contributed by atoms with E-state index in [1.165, 1.54) is 7.11 Å².